The van der Waals surface area contributed by atoms with Gasteiger partial charge in [0.2, 0.25) is 0 Å². The second-order valence-electron chi connectivity index (χ2n) is 5.33. The Morgan fingerprint density at radius 2 is 2.05 bits per heavy atom. The predicted octanol–water partition coefficient (Wildman–Crippen LogP) is 1.78. The molecule has 0 saturated carbocycles. The number of nitrogens with one attached hydrogen (secondary N) is 1. The Labute approximate surface area is 122 Å². The first-order chi connectivity index (χ1) is 9.58. The normalized spacial score (nSPS) is 11.2. The molecule has 114 valence electrons. The standard InChI is InChI=1S/C15H27N3O2/c1-12(2)10-16-8-9-18(3)11-13-15(20-5)14(19-4)6-7-17-13/h6-7,12,16H,8-11H2,1-5H3. The molecule has 0 aliphatic carbocycles. The lowest BCUT2D eigenvalue weighted by molar-refractivity contribution is 0.301. The van der Waals surface area contributed by atoms with E-state index in [1.807, 2.05) is 6.07 Å². The van der Waals surface area contributed by atoms with Gasteiger partial charge in [-0.3, -0.25) is 9.88 Å². The molecule has 1 aromatic heterocycles. The maximum atomic E-state index is 5.40. The van der Waals surface area contributed by atoms with Crippen LogP contribution in [0.25, 0.3) is 0 Å². The molecule has 0 aliphatic heterocycles. The Kier molecular flexibility index (Phi) is 7.33. The predicted molar refractivity (Wildman–Crippen MR) is 81.4 cm³/mol. The fraction of sp³-hybridized carbons (Fsp3) is 0.667. The van der Waals surface area contributed by atoms with E-state index in [4.69, 9.17) is 9.47 Å². The van der Waals surface area contributed by atoms with E-state index < -0.39 is 0 Å². The number of hydrogen-bond donors (Lipinski definition) is 1. The maximum absolute atomic E-state index is 5.40. The van der Waals surface area contributed by atoms with E-state index in [9.17, 15) is 0 Å². The fourth-order valence-electron chi connectivity index (χ4n) is 1.96. The van der Waals surface area contributed by atoms with Gasteiger partial charge in [0.15, 0.2) is 11.5 Å². The molecule has 20 heavy (non-hydrogen) atoms. The number of rotatable bonds is 9. The molecule has 0 atom stereocenters. The smallest absolute Gasteiger partial charge is 0.183 e. The van der Waals surface area contributed by atoms with Crippen LogP contribution in [-0.2, 0) is 6.54 Å². The zero-order valence-electron chi connectivity index (χ0n) is 13.3. The third-order valence-electron chi connectivity index (χ3n) is 3.01. The molecule has 0 aromatic carbocycles. The van der Waals surface area contributed by atoms with Gasteiger partial charge in [-0.15, -0.1) is 0 Å². The third kappa shape index (κ3) is 5.35. The van der Waals surface area contributed by atoms with Crippen LogP contribution in [0.4, 0.5) is 0 Å². The number of likely N-dealkylation sites (N-methyl/N-ethyl adjacent to an activating group) is 1. The summed E-state index contributed by atoms with van der Waals surface area (Å²) in [6, 6.07) is 1.81. The Morgan fingerprint density at radius 3 is 2.65 bits per heavy atom. The van der Waals surface area contributed by atoms with Crippen molar-refractivity contribution in [2.75, 3.05) is 40.9 Å². The Balaban J connectivity index is 2.51. The molecular weight excluding hydrogens is 254 g/mol. The molecule has 1 N–H and O–H groups in total. The molecule has 0 fully saturated rings. The summed E-state index contributed by atoms with van der Waals surface area (Å²) in [5, 5.41) is 3.43. The average Bonchev–Trinajstić information content (AvgIpc) is 2.43. The van der Waals surface area contributed by atoms with Crippen molar-refractivity contribution in [3.8, 4) is 11.5 Å². The lowest BCUT2D eigenvalue weighted by atomic mass is 10.2. The minimum Gasteiger partial charge on any atom is -0.493 e. The summed E-state index contributed by atoms with van der Waals surface area (Å²) in [7, 11) is 5.37. The highest BCUT2D eigenvalue weighted by molar-refractivity contribution is 5.42. The molecule has 1 aromatic rings. The second kappa shape index (κ2) is 8.76. The van der Waals surface area contributed by atoms with E-state index in [0.717, 1.165) is 43.4 Å². The van der Waals surface area contributed by atoms with Gasteiger partial charge in [0, 0.05) is 31.9 Å². The largest absolute Gasteiger partial charge is 0.493 e. The van der Waals surface area contributed by atoms with E-state index in [1.165, 1.54) is 0 Å². The van der Waals surface area contributed by atoms with E-state index in [2.05, 4.69) is 36.1 Å². The van der Waals surface area contributed by atoms with E-state index in [-0.39, 0.29) is 0 Å². The molecule has 0 radical (unpaired) electrons. The first-order valence-electron chi connectivity index (χ1n) is 7.03. The van der Waals surface area contributed by atoms with Crippen molar-refractivity contribution in [1.29, 1.82) is 0 Å². The van der Waals surface area contributed by atoms with Crippen LogP contribution in [0.5, 0.6) is 11.5 Å². The summed E-state index contributed by atoms with van der Waals surface area (Å²) in [6.07, 6.45) is 1.75. The van der Waals surface area contributed by atoms with Gasteiger partial charge in [-0.1, -0.05) is 13.8 Å². The molecule has 1 heterocycles. The highest BCUT2D eigenvalue weighted by Gasteiger charge is 2.12. The second-order valence-corrected chi connectivity index (χ2v) is 5.33. The van der Waals surface area contributed by atoms with Gasteiger partial charge >= 0.3 is 0 Å². The van der Waals surface area contributed by atoms with Crippen molar-refractivity contribution >= 4 is 0 Å². The van der Waals surface area contributed by atoms with Crippen molar-refractivity contribution in [1.82, 2.24) is 15.2 Å². The number of nitrogens with zero attached hydrogens (tertiary/aromatic N) is 2. The molecule has 5 nitrogen and oxygen atoms in total. The van der Waals surface area contributed by atoms with Crippen LogP contribution >= 0.6 is 0 Å². The Bertz CT molecular complexity index is 397. The number of methoxy groups -OCH3 is 2. The first-order valence-corrected chi connectivity index (χ1v) is 7.03. The van der Waals surface area contributed by atoms with E-state index >= 15 is 0 Å². The number of ether oxygens (including phenoxy) is 2. The zero-order chi connectivity index (χ0) is 15.0. The number of aromatic nitrogens is 1. The first kappa shape index (κ1) is 16.7. The molecule has 1 rings (SSSR count). The number of hydrogen-bond acceptors (Lipinski definition) is 5. The van der Waals surface area contributed by atoms with Crippen LogP contribution in [-0.4, -0.2) is 50.8 Å². The van der Waals surface area contributed by atoms with Crippen LogP contribution in [0.3, 0.4) is 0 Å². The van der Waals surface area contributed by atoms with Crippen molar-refractivity contribution in [3.63, 3.8) is 0 Å². The van der Waals surface area contributed by atoms with Gasteiger partial charge in [0.25, 0.3) is 0 Å². The lowest BCUT2D eigenvalue weighted by Crippen LogP contribution is -2.31. The van der Waals surface area contributed by atoms with Crippen LogP contribution in [0.1, 0.15) is 19.5 Å². The molecule has 0 saturated heterocycles. The summed E-state index contributed by atoms with van der Waals surface area (Å²) in [4.78, 5) is 6.61. The van der Waals surface area contributed by atoms with Crippen molar-refractivity contribution < 1.29 is 9.47 Å². The topological polar surface area (TPSA) is 46.6 Å². The summed E-state index contributed by atoms with van der Waals surface area (Å²) >= 11 is 0. The quantitative estimate of drug-likeness (QED) is 0.699. The van der Waals surface area contributed by atoms with Gasteiger partial charge in [-0.05, 0) is 19.5 Å². The molecule has 0 spiro atoms. The summed E-state index contributed by atoms with van der Waals surface area (Å²) in [5.41, 5.74) is 0.901. The Morgan fingerprint density at radius 1 is 1.30 bits per heavy atom. The zero-order valence-corrected chi connectivity index (χ0v) is 13.3. The summed E-state index contributed by atoms with van der Waals surface area (Å²) in [5.74, 6) is 2.13. The minimum absolute atomic E-state index is 0.681. The molecule has 0 bridgehead atoms. The monoisotopic (exact) mass is 281 g/mol. The van der Waals surface area contributed by atoms with Crippen LogP contribution in [0.2, 0.25) is 0 Å². The van der Waals surface area contributed by atoms with Gasteiger partial charge in [0.1, 0.15) is 5.69 Å². The van der Waals surface area contributed by atoms with Crippen molar-refractivity contribution in [2.24, 2.45) is 5.92 Å². The molecule has 0 aliphatic rings. The fourth-order valence-corrected chi connectivity index (χ4v) is 1.96. The molecule has 0 unspecified atom stereocenters. The Hall–Kier alpha value is -1.33. The molecular formula is C15H27N3O2. The van der Waals surface area contributed by atoms with Gasteiger partial charge in [-0.25, -0.2) is 0 Å². The third-order valence-corrected chi connectivity index (χ3v) is 3.01. The maximum Gasteiger partial charge on any atom is 0.183 e. The van der Waals surface area contributed by atoms with Gasteiger partial charge in [0.05, 0.1) is 14.2 Å². The van der Waals surface area contributed by atoms with Gasteiger partial charge in [-0.2, -0.15) is 0 Å². The van der Waals surface area contributed by atoms with Crippen LogP contribution in [0, 0.1) is 5.92 Å². The molecule has 5 heteroatoms. The van der Waals surface area contributed by atoms with Gasteiger partial charge < -0.3 is 14.8 Å². The highest BCUT2D eigenvalue weighted by Crippen LogP contribution is 2.29. The van der Waals surface area contributed by atoms with E-state index in [0.29, 0.717) is 5.92 Å². The molecule has 0 amide bonds. The average molecular weight is 281 g/mol. The summed E-state index contributed by atoms with van der Waals surface area (Å²) in [6.45, 7) is 8.15. The lowest BCUT2D eigenvalue weighted by Gasteiger charge is -2.19. The van der Waals surface area contributed by atoms with Crippen molar-refractivity contribution in [3.05, 3.63) is 18.0 Å². The summed E-state index contributed by atoms with van der Waals surface area (Å²) < 4.78 is 10.7. The van der Waals surface area contributed by atoms with Crippen LogP contribution < -0.4 is 14.8 Å². The highest BCUT2D eigenvalue weighted by atomic mass is 16.5. The minimum atomic E-state index is 0.681. The number of pyridine rings is 1. The van der Waals surface area contributed by atoms with Crippen LogP contribution in [0.15, 0.2) is 12.3 Å². The van der Waals surface area contributed by atoms with E-state index in [1.54, 1.807) is 20.4 Å². The van der Waals surface area contributed by atoms with Crippen molar-refractivity contribution in [2.45, 2.75) is 20.4 Å². The SMILES string of the molecule is COc1ccnc(CN(C)CCNCC(C)C)c1OC.